The predicted octanol–water partition coefficient (Wildman–Crippen LogP) is 6.01. The van der Waals surface area contributed by atoms with Crippen molar-refractivity contribution in [1.29, 1.82) is 0 Å². The first-order valence-electron chi connectivity index (χ1n) is 12.5. The summed E-state index contributed by atoms with van der Waals surface area (Å²) in [5.41, 5.74) is 2.04. The number of rotatable bonds is 6. The second-order valence-corrected chi connectivity index (χ2v) is 10.5. The molecule has 1 fully saturated rings. The van der Waals surface area contributed by atoms with Gasteiger partial charge >= 0.3 is 0 Å². The van der Waals surface area contributed by atoms with E-state index in [4.69, 9.17) is 4.74 Å². The number of carbonyl (C=O) groups excluding carboxylic acids is 2. The maximum atomic E-state index is 12.7. The third-order valence-electron chi connectivity index (χ3n) is 7.05. The van der Waals surface area contributed by atoms with E-state index in [1.54, 1.807) is 0 Å². The number of ketones is 2. The van der Waals surface area contributed by atoms with Crippen LogP contribution in [0.25, 0.3) is 0 Å². The molecule has 2 aliphatic heterocycles. The van der Waals surface area contributed by atoms with Crippen LogP contribution in [-0.2, 0) is 14.3 Å². The molecule has 5 heteroatoms. The zero-order valence-electron chi connectivity index (χ0n) is 20.2. The molecule has 0 amide bonds. The van der Waals surface area contributed by atoms with Crippen LogP contribution in [0.4, 0.5) is 0 Å². The summed E-state index contributed by atoms with van der Waals surface area (Å²) in [7, 11) is 0. The molecule has 34 heavy (non-hydrogen) atoms. The number of likely N-dealkylation sites (tertiary alicyclic amines) is 1. The molecule has 4 aliphatic rings. The Morgan fingerprint density at radius 2 is 1.97 bits per heavy atom. The number of ether oxygens (including phenoxy) is 1. The van der Waals surface area contributed by atoms with Crippen molar-refractivity contribution in [2.45, 2.75) is 57.5 Å². The number of Topliss-reactive ketones (excluding diaryl/α,β-unsaturated/α-hetero) is 2. The van der Waals surface area contributed by atoms with Gasteiger partial charge in [-0.3, -0.25) is 9.59 Å². The summed E-state index contributed by atoms with van der Waals surface area (Å²) in [6.07, 6.45) is 24.0. The number of piperidine rings is 1. The molecule has 1 saturated heterocycles. The first-order chi connectivity index (χ1) is 16.5. The van der Waals surface area contributed by atoms with Gasteiger partial charge in [0.15, 0.2) is 0 Å². The van der Waals surface area contributed by atoms with Gasteiger partial charge in [-0.15, -0.1) is 11.8 Å². The second kappa shape index (κ2) is 11.4. The summed E-state index contributed by atoms with van der Waals surface area (Å²) in [5.74, 6) is 0.384. The van der Waals surface area contributed by atoms with Crippen molar-refractivity contribution >= 4 is 23.3 Å². The maximum Gasteiger partial charge on any atom is 0.243 e. The van der Waals surface area contributed by atoms with E-state index in [1.807, 2.05) is 25.2 Å². The van der Waals surface area contributed by atoms with E-state index in [1.165, 1.54) is 30.2 Å². The summed E-state index contributed by atoms with van der Waals surface area (Å²) >= 11 is 1.47. The molecule has 0 atom stereocenters. The fraction of sp³-hybridized carbons (Fsp3) is 0.448. The number of thioether (sulfide) groups is 1. The highest BCUT2D eigenvalue weighted by atomic mass is 32.2. The molecule has 0 aromatic carbocycles. The van der Waals surface area contributed by atoms with E-state index in [9.17, 15) is 9.59 Å². The largest absolute Gasteiger partial charge is 0.485 e. The van der Waals surface area contributed by atoms with E-state index in [-0.39, 0.29) is 11.2 Å². The highest BCUT2D eigenvalue weighted by Gasteiger charge is 2.44. The summed E-state index contributed by atoms with van der Waals surface area (Å²) in [4.78, 5) is 28.2. The lowest BCUT2D eigenvalue weighted by molar-refractivity contribution is -0.132. The van der Waals surface area contributed by atoms with Gasteiger partial charge in [0.1, 0.15) is 16.3 Å². The van der Waals surface area contributed by atoms with Gasteiger partial charge in [0.25, 0.3) is 0 Å². The van der Waals surface area contributed by atoms with Crippen LogP contribution in [0.2, 0.25) is 0 Å². The summed E-state index contributed by atoms with van der Waals surface area (Å²) in [5, 5.41) is 0. The Balaban J connectivity index is 1.37. The average molecular weight is 478 g/mol. The molecule has 2 aliphatic carbocycles. The number of allylic oxidation sites excluding steroid dienone is 11. The molecule has 0 aromatic heterocycles. The van der Waals surface area contributed by atoms with Crippen molar-refractivity contribution < 1.29 is 14.3 Å². The van der Waals surface area contributed by atoms with Gasteiger partial charge in [-0.2, -0.15) is 0 Å². The van der Waals surface area contributed by atoms with E-state index < -0.39 is 11.6 Å². The fourth-order valence-electron chi connectivity index (χ4n) is 4.92. The quantitative estimate of drug-likeness (QED) is 0.266. The van der Waals surface area contributed by atoms with Crippen LogP contribution >= 0.6 is 11.8 Å². The third kappa shape index (κ3) is 5.64. The van der Waals surface area contributed by atoms with Crippen LogP contribution in [0.3, 0.4) is 0 Å². The minimum atomic E-state index is -0.512. The Hall–Kier alpha value is -2.37. The number of carbonyl (C=O) groups is 2. The van der Waals surface area contributed by atoms with E-state index in [0.29, 0.717) is 16.2 Å². The van der Waals surface area contributed by atoms with Crippen molar-refractivity contribution in [3.8, 4) is 0 Å². The number of hydrogen-bond donors (Lipinski definition) is 0. The molecular formula is C29H35NO3S. The maximum absolute atomic E-state index is 12.7. The van der Waals surface area contributed by atoms with Gasteiger partial charge in [0.05, 0.1) is 0 Å². The van der Waals surface area contributed by atoms with Crippen LogP contribution in [0, 0.1) is 0 Å². The van der Waals surface area contributed by atoms with Crippen LogP contribution in [0.15, 0.2) is 82.6 Å². The van der Waals surface area contributed by atoms with Crippen LogP contribution < -0.4 is 0 Å². The standard InChI is InChI=1S/C29H35NO3S/c1-3-4-14-24-22(2)25(31)26(32)28-27(24)33-29(17-21-34-28)15-19-30(20-16-29)18-10-9-13-23-11-7-5-6-8-12-23/h3-5,7-8,11-12,14H,2,6,9-10,13,15-21H2,1H3/b4-3-,24-14+. The van der Waals surface area contributed by atoms with Gasteiger partial charge in [-0.25, -0.2) is 0 Å². The molecule has 180 valence electrons. The molecule has 0 N–H and O–H groups in total. The Morgan fingerprint density at radius 3 is 2.76 bits per heavy atom. The normalized spacial score (nSPS) is 24.4. The van der Waals surface area contributed by atoms with E-state index in [0.717, 1.165) is 57.5 Å². The molecule has 4 nitrogen and oxygen atoms in total. The van der Waals surface area contributed by atoms with Crippen molar-refractivity contribution in [1.82, 2.24) is 4.90 Å². The first kappa shape index (κ1) is 24.7. The molecule has 0 bridgehead atoms. The predicted molar refractivity (Wildman–Crippen MR) is 140 cm³/mol. The summed E-state index contributed by atoms with van der Waals surface area (Å²) < 4.78 is 6.68. The number of nitrogens with zero attached hydrogens (tertiary/aromatic N) is 1. The topological polar surface area (TPSA) is 46.6 Å². The van der Waals surface area contributed by atoms with Crippen LogP contribution in [0.5, 0.6) is 0 Å². The minimum Gasteiger partial charge on any atom is -0.485 e. The van der Waals surface area contributed by atoms with Crippen molar-refractivity contribution in [2.24, 2.45) is 0 Å². The summed E-state index contributed by atoms with van der Waals surface area (Å²) in [6.45, 7) is 8.95. The molecule has 0 unspecified atom stereocenters. The zero-order valence-corrected chi connectivity index (χ0v) is 21.0. The fourth-order valence-corrected chi connectivity index (χ4v) is 6.11. The first-order valence-corrected chi connectivity index (χ1v) is 13.4. The Bertz CT molecular complexity index is 1020. The highest BCUT2D eigenvalue weighted by Crippen LogP contribution is 2.45. The lowest BCUT2D eigenvalue weighted by atomic mass is 9.87. The monoisotopic (exact) mass is 477 g/mol. The molecule has 0 aromatic rings. The van der Waals surface area contributed by atoms with Gasteiger partial charge in [-0.05, 0) is 64.0 Å². The lowest BCUT2D eigenvalue weighted by Gasteiger charge is -2.42. The SMILES string of the molecule is C=C1C(=O)C(=O)C2=C(OC3(CCS2)CCN(CCCCC2=CC=CCC=C2)CC3)/C1=C/C=C\C. The molecule has 0 saturated carbocycles. The number of hydrogen-bond acceptors (Lipinski definition) is 5. The molecule has 2 heterocycles. The van der Waals surface area contributed by atoms with Crippen LogP contribution in [-0.4, -0.2) is 47.5 Å². The molecular weight excluding hydrogens is 442 g/mol. The lowest BCUT2D eigenvalue weighted by Crippen LogP contribution is -2.46. The van der Waals surface area contributed by atoms with E-state index in [2.05, 4.69) is 41.9 Å². The Kier molecular flexibility index (Phi) is 8.28. The van der Waals surface area contributed by atoms with Gasteiger partial charge in [0.2, 0.25) is 11.6 Å². The Morgan fingerprint density at radius 1 is 1.15 bits per heavy atom. The van der Waals surface area contributed by atoms with Crippen LogP contribution in [0.1, 0.15) is 51.9 Å². The van der Waals surface area contributed by atoms with Gasteiger partial charge in [0, 0.05) is 30.0 Å². The smallest absolute Gasteiger partial charge is 0.243 e. The van der Waals surface area contributed by atoms with Crippen molar-refractivity contribution in [3.63, 3.8) is 0 Å². The third-order valence-corrected chi connectivity index (χ3v) is 8.12. The molecule has 0 radical (unpaired) electrons. The zero-order chi connectivity index (χ0) is 24.0. The molecule has 4 rings (SSSR count). The van der Waals surface area contributed by atoms with Gasteiger partial charge < -0.3 is 9.64 Å². The highest BCUT2D eigenvalue weighted by molar-refractivity contribution is 8.04. The van der Waals surface area contributed by atoms with E-state index >= 15 is 0 Å². The van der Waals surface area contributed by atoms with Crippen molar-refractivity contribution in [3.05, 3.63) is 82.6 Å². The summed E-state index contributed by atoms with van der Waals surface area (Å²) in [6, 6.07) is 0. The van der Waals surface area contributed by atoms with Crippen molar-refractivity contribution in [2.75, 3.05) is 25.4 Å². The minimum absolute atomic E-state index is 0.242. The molecule has 1 spiro atoms. The second-order valence-electron chi connectivity index (χ2n) is 9.39. The Labute approximate surface area is 207 Å². The average Bonchev–Trinajstić information content (AvgIpc) is 3.21. The number of unbranched alkanes of at least 4 members (excludes halogenated alkanes) is 1. The van der Waals surface area contributed by atoms with Gasteiger partial charge in [-0.1, -0.05) is 55.2 Å².